The minimum atomic E-state index is -0.378. The number of aryl methyl sites for hydroxylation is 1. The second kappa shape index (κ2) is 7.64. The maximum absolute atomic E-state index is 10.6. The fourth-order valence-corrected chi connectivity index (χ4v) is 3.93. The van der Waals surface area contributed by atoms with Crippen molar-refractivity contribution in [1.29, 1.82) is 0 Å². The van der Waals surface area contributed by atoms with Crippen molar-refractivity contribution < 1.29 is 14.6 Å². The van der Waals surface area contributed by atoms with Crippen molar-refractivity contribution in [2.75, 3.05) is 32.2 Å². The number of pyridine rings is 2. The van der Waals surface area contributed by atoms with E-state index in [1.165, 1.54) is 5.56 Å². The first-order chi connectivity index (χ1) is 13.6. The molecule has 0 radical (unpaired) electrons. The number of benzene rings is 1. The van der Waals surface area contributed by atoms with Crippen LogP contribution >= 0.6 is 0 Å². The van der Waals surface area contributed by atoms with Crippen LogP contribution < -0.4 is 14.4 Å². The molecule has 0 saturated carbocycles. The summed E-state index contributed by atoms with van der Waals surface area (Å²) in [5, 5.41) is 11.6. The number of hydrogen-bond donors (Lipinski definition) is 1. The second-order valence-corrected chi connectivity index (χ2v) is 7.31. The first-order valence-electron chi connectivity index (χ1n) is 9.44. The standard InChI is InChI=1S/C22H25N3O3/c1-14-8-22(24-18-11-21(28-3)20(27-2)10-17(14)18)25-12-16(19(26)13-25)9-15-4-6-23-7-5-15/h4-8,10-11,16,19,26H,9,12-13H2,1-3H3/t16-,19+/m1/s1. The van der Waals surface area contributed by atoms with Gasteiger partial charge in [-0.05, 0) is 48.7 Å². The van der Waals surface area contributed by atoms with Gasteiger partial charge in [0.2, 0.25) is 0 Å². The van der Waals surface area contributed by atoms with Crippen molar-refractivity contribution >= 4 is 16.7 Å². The third kappa shape index (κ3) is 3.47. The average molecular weight is 379 g/mol. The van der Waals surface area contributed by atoms with Crippen molar-refractivity contribution in [3.05, 3.63) is 53.9 Å². The van der Waals surface area contributed by atoms with Crippen LogP contribution in [0.3, 0.4) is 0 Å². The van der Waals surface area contributed by atoms with Gasteiger partial charge in [-0.25, -0.2) is 4.98 Å². The largest absolute Gasteiger partial charge is 0.493 e. The number of nitrogens with zero attached hydrogens (tertiary/aromatic N) is 3. The molecule has 6 heteroatoms. The smallest absolute Gasteiger partial charge is 0.162 e. The van der Waals surface area contributed by atoms with Crippen LogP contribution in [0.1, 0.15) is 11.1 Å². The summed E-state index contributed by atoms with van der Waals surface area (Å²) in [7, 11) is 3.26. The highest BCUT2D eigenvalue weighted by Gasteiger charge is 2.32. The van der Waals surface area contributed by atoms with Gasteiger partial charge in [0.1, 0.15) is 5.82 Å². The summed E-state index contributed by atoms with van der Waals surface area (Å²) in [6, 6.07) is 9.97. The Morgan fingerprint density at radius 1 is 1.07 bits per heavy atom. The van der Waals surface area contributed by atoms with Crippen molar-refractivity contribution in [3.63, 3.8) is 0 Å². The molecule has 1 fully saturated rings. The van der Waals surface area contributed by atoms with E-state index in [0.29, 0.717) is 18.0 Å². The van der Waals surface area contributed by atoms with Gasteiger partial charge in [-0.1, -0.05) is 0 Å². The lowest BCUT2D eigenvalue weighted by molar-refractivity contribution is 0.148. The van der Waals surface area contributed by atoms with E-state index >= 15 is 0 Å². The highest BCUT2D eigenvalue weighted by Crippen LogP contribution is 2.35. The summed E-state index contributed by atoms with van der Waals surface area (Å²) in [4.78, 5) is 11.1. The minimum Gasteiger partial charge on any atom is -0.493 e. The lowest BCUT2D eigenvalue weighted by Gasteiger charge is -2.19. The Morgan fingerprint density at radius 2 is 1.79 bits per heavy atom. The Bertz CT molecular complexity index is 978. The van der Waals surface area contributed by atoms with E-state index in [1.54, 1.807) is 26.6 Å². The summed E-state index contributed by atoms with van der Waals surface area (Å²) in [5.74, 6) is 2.41. The molecule has 2 aromatic heterocycles. The molecule has 146 valence electrons. The molecule has 3 aromatic rings. The molecule has 0 amide bonds. The van der Waals surface area contributed by atoms with Crippen LogP contribution in [0.5, 0.6) is 11.5 Å². The summed E-state index contributed by atoms with van der Waals surface area (Å²) in [6.07, 6.45) is 4.04. The van der Waals surface area contributed by atoms with Crippen LogP contribution in [0.25, 0.3) is 10.9 Å². The Kier molecular flexibility index (Phi) is 5.05. The number of aliphatic hydroxyl groups is 1. The van der Waals surface area contributed by atoms with Gasteiger partial charge in [-0.15, -0.1) is 0 Å². The maximum atomic E-state index is 10.6. The molecular weight excluding hydrogens is 354 g/mol. The second-order valence-electron chi connectivity index (χ2n) is 7.31. The summed E-state index contributed by atoms with van der Waals surface area (Å²) in [5.41, 5.74) is 3.17. The van der Waals surface area contributed by atoms with Crippen molar-refractivity contribution in [2.24, 2.45) is 5.92 Å². The molecule has 1 aliphatic heterocycles. The molecule has 1 saturated heterocycles. The fourth-order valence-electron chi connectivity index (χ4n) is 3.93. The van der Waals surface area contributed by atoms with Crippen molar-refractivity contribution in [1.82, 2.24) is 9.97 Å². The van der Waals surface area contributed by atoms with Gasteiger partial charge in [0.05, 0.1) is 25.8 Å². The zero-order chi connectivity index (χ0) is 19.7. The topological polar surface area (TPSA) is 67.7 Å². The van der Waals surface area contributed by atoms with Gasteiger partial charge >= 0.3 is 0 Å². The minimum absolute atomic E-state index is 0.172. The molecule has 1 aromatic carbocycles. The average Bonchev–Trinajstić information content (AvgIpc) is 3.08. The van der Waals surface area contributed by atoms with Crippen LogP contribution in [-0.2, 0) is 6.42 Å². The van der Waals surface area contributed by atoms with E-state index in [-0.39, 0.29) is 12.0 Å². The van der Waals surface area contributed by atoms with Crippen molar-refractivity contribution in [3.8, 4) is 11.5 Å². The van der Waals surface area contributed by atoms with E-state index < -0.39 is 0 Å². The van der Waals surface area contributed by atoms with E-state index in [0.717, 1.165) is 35.2 Å². The molecule has 0 unspecified atom stereocenters. The number of methoxy groups -OCH3 is 2. The number of rotatable bonds is 5. The Morgan fingerprint density at radius 3 is 2.50 bits per heavy atom. The normalized spacial score (nSPS) is 19.2. The molecule has 6 nitrogen and oxygen atoms in total. The monoisotopic (exact) mass is 379 g/mol. The van der Waals surface area contributed by atoms with Crippen LogP contribution in [0.2, 0.25) is 0 Å². The van der Waals surface area contributed by atoms with Gasteiger partial charge in [0.15, 0.2) is 11.5 Å². The van der Waals surface area contributed by atoms with Gasteiger partial charge in [-0.2, -0.15) is 0 Å². The number of aliphatic hydroxyl groups excluding tert-OH is 1. The van der Waals surface area contributed by atoms with E-state index in [9.17, 15) is 5.11 Å². The zero-order valence-corrected chi connectivity index (χ0v) is 16.4. The third-order valence-corrected chi connectivity index (χ3v) is 5.49. The van der Waals surface area contributed by atoms with E-state index in [2.05, 4.69) is 22.9 Å². The first-order valence-corrected chi connectivity index (χ1v) is 9.44. The number of anilines is 1. The van der Waals surface area contributed by atoms with Crippen LogP contribution in [0, 0.1) is 12.8 Å². The number of hydrogen-bond acceptors (Lipinski definition) is 6. The molecule has 1 aliphatic rings. The molecular formula is C22H25N3O3. The summed E-state index contributed by atoms with van der Waals surface area (Å²) >= 11 is 0. The SMILES string of the molecule is COc1cc2nc(N3C[C@@H](Cc4ccncc4)[C@@H](O)C3)cc(C)c2cc1OC. The predicted octanol–water partition coefficient (Wildman–Crippen LogP) is 3.00. The van der Waals surface area contributed by atoms with Crippen LogP contribution in [0.15, 0.2) is 42.7 Å². The Balaban J connectivity index is 1.62. The molecule has 1 N–H and O–H groups in total. The molecule has 28 heavy (non-hydrogen) atoms. The molecule has 2 atom stereocenters. The number of fused-ring (bicyclic) bond motifs is 1. The number of β-amino-alcohol motifs (C(OH)–C–C–N with tert-alkyl or cyclic N) is 1. The summed E-state index contributed by atoms with van der Waals surface area (Å²) < 4.78 is 10.8. The fraction of sp³-hybridized carbons (Fsp3) is 0.364. The molecule has 0 bridgehead atoms. The quantitative estimate of drug-likeness (QED) is 0.735. The predicted molar refractivity (Wildman–Crippen MR) is 109 cm³/mol. The van der Waals surface area contributed by atoms with Crippen LogP contribution in [-0.4, -0.2) is 48.5 Å². The molecule has 0 aliphatic carbocycles. The Hall–Kier alpha value is -2.86. The highest BCUT2D eigenvalue weighted by atomic mass is 16.5. The molecule has 4 rings (SSSR count). The molecule has 0 spiro atoms. The lowest BCUT2D eigenvalue weighted by atomic mass is 9.97. The summed E-state index contributed by atoms with van der Waals surface area (Å²) in [6.45, 7) is 3.43. The van der Waals surface area contributed by atoms with Gasteiger partial charge in [-0.3, -0.25) is 4.98 Å². The number of ether oxygens (including phenoxy) is 2. The van der Waals surface area contributed by atoms with Gasteiger partial charge in [0, 0.05) is 42.9 Å². The van der Waals surface area contributed by atoms with Gasteiger partial charge in [0.25, 0.3) is 0 Å². The maximum Gasteiger partial charge on any atom is 0.162 e. The van der Waals surface area contributed by atoms with Gasteiger partial charge < -0.3 is 19.5 Å². The lowest BCUT2D eigenvalue weighted by Crippen LogP contribution is -2.22. The first kappa shape index (κ1) is 18.5. The zero-order valence-electron chi connectivity index (χ0n) is 16.4. The van der Waals surface area contributed by atoms with E-state index in [1.807, 2.05) is 24.3 Å². The third-order valence-electron chi connectivity index (χ3n) is 5.49. The van der Waals surface area contributed by atoms with Crippen molar-refractivity contribution in [2.45, 2.75) is 19.4 Å². The number of aromatic nitrogens is 2. The highest BCUT2D eigenvalue weighted by molar-refractivity contribution is 5.87. The molecule has 3 heterocycles. The Labute approximate surface area is 164 Å². The van der Waals surface area contributed by atoms with Crippen LogP contribution in [0.4, 0.5) is 5.82 Å². The van der Waals surface area contributed by atoms with E-state index in [4.69, 9.17) is 14.5 Å².